The molecule has 0 saturated heterocycles. The van der Waals surface area contributed by atoms with E-state index < -0.39 is 6.09 Å². The third-order valence-corrected chi connectivity index (χ3v) is 3.14. The maximum atomic E-state index is 12.3. The first-order chi connectivity index (χ1) is 10.4. The van der Waals surface area contributed by atoms with Crippen molar-refractivity contribution in [2.24, 2.45) is 0 Å². The molecule has 0 radical (unpaired) electrons. The van der Waals surface area contributed by atoms with Crippen molar-refractivity contribution in [3.63, 3.8) is 0 Å². The summed E-state index contributed by atoms with van der Waals surface area (Å²) in [7, 11) is 0. The number of carbonyl (C=O) groups excluding carboxylic acids is 1. The van der Waals surface area contributed by atoms with Gasteiger partial charge in [-0.25, -0.2) is 4.79 Å². The first kappa shape index (κ1) is 19.7. The highest BCUT2D eigenvalue weighted by molar-refractivity contribution is 5.73. The van der Waals surface area contributed by atoms with Crippen LogP contribution in [0.15, 0.2) is 74.2 Å². The summed E-state index contributed by atoms with van der Waals surface area (Å²) in [5, 5.41) is 0. The lowest BCUT2D eigenvalue weighted by Crippen LogP contribution is -2.32. The van der Waals surface area contributed by atoms with E-state index >= 15 is 0 Å². The third kappa shape index (κ3) is 6.44. The normalized spacial score (nSPS) is 9.50. The monoisotopic (exact) mass is 301 g/mol. The van der Waals surface area contributed by atoms with E-state index in [1.165, 1.54) is 11.0 Å². The molecule has 3 nitrogen and oxygen atoms in total. The summed E-state index contributed by atoms with van der Waals surface area (Å²) < 4.78 is 5.13. The second kappa shape index (κ2) is 10.4. The molecule has 3 heteroatoms. The Morgan fingerprint density at radius 1 is 1.14 bits per heavy atom. The Morgan fingerprint density at radius 3 is 2.27 bits per heavy atom. The molecular weight excluding hydrogens is 274 g/mol. The van der Waals surface area contributed by atoms with E-state index in [1.807, 2.05) is 0 Å². The minimum Gasteiger partial charge on any atom is -0.411 e. The zero-order chi connectivity index (χ0) is 17.1. The summed E-state index contributed by atoms with van der Waals surface area (Å²) >= 11 is 0. The molecule has 22 heavy (non-hydrogen) atoms. The van der Waals surface area contributed by atoms with Gasteiger partial charge < -0.3 is 4.74 Å². The molecule has 0 rings (SSSR count). The fourth-order valence-corrected chi connectivity index (χ4v) is 1.73. The Bertz CT molecular complexity index is 486. The van der Waals surface area contributed by atoms with Crippen molar-refractivity contribution in [3.8, 4) is 0 Å². The summed E-state index contributed by atoms with van der Waals surface area (Å²) in [6.45, 7) is 25.3. The molecule has 0 aromatic heterocycles. The molecule has 0 N–H and O–H groups in total. The Balaban J connectivity index is 5.07. The van der Waals surface area contributed by atoms with Crippen LogP contribution in [0.4, 0.5) is 4.79 Å². The number of unbranched alkanes of at least 4 members (excludes halogenated alkanes) is 2. The van der Waals surface area contributed by atoms with Gasteiger partial charge in [0.1, 0.15) is 5.76 Å². The molecule has 0 aromatic carbocycles. The van der Waals surface area contributed by atoms with Crippen LogP contribution < -0.4 is 0 Å². The Hall–Kier alpha value is -2.29. The van der Waals surface area contributed by atoms with Crippen molar-refractivity contribution >= 4 is 6.09 Å². The highest BCUT2D eigenvalue weighted by Gasteiger charge is 2.21. The van der Waals surface area contributed by atoms with Crippen LogP contribution >= 0.6 is 0 Å². The molecule has 0 bridgehead atoms. The standard InChI is InChI=1S/C19H27NO2/c1-8-11-12-14-20(19(21)22-16(5)10-3)18(7)17(6)15(4)13-9-2/h9-10H,2-8,11-14H2,1H3. The van der Waals surface area contributed by atoms with Gasteiger partial charge in [-0.2, -0.15) is 0 Å². The molecule has 0 unspecified atom stereocenters. The van der Waals surface area contributed by atoms with Gasteiger partial charge in [0.05, 0.1) is 0 Å². The van der Waals surface area contributed by atoms with Gasteiger partial charge in [-0.05, 0) is 30.1 Å². The molecule has 0 heterocycles. The van der Waals surface area contributed by atoms with Gasteiger partial charge in [-0.1, -0.05) is 58.7 Å². The van der Waals surface area contributed by atoms with E-state index in [-0.39, 0.29) is 5.76 Å². The molecule has 0 aliphatic rings. The van der Waals surface area contributed by atoms with Crippen molar-refractivity contribution in [3.05, 3.63) is 74.2 Å². The number of nitrogens with zero attached hydrogens (tertiary/aromatic N) is 1. The van der Waals surface area contributed by atoms with Gasteiger partial charge in [0, 0.05) is 12.2 Å². The molecule has 1 amide bonds. The maximum absolute atomic E-state index is 12.3. The highest BCUT2D eigenvalue weighted by Crippen LogP contribution is 2.23. The number of carbonyl (C=O) groups is 1. The molecular formula is C19H27NO2. The van der Waals surface area contributed by atoms with Gasteiger partial charge in [0.25, 0.3) is 0 Å². The maximum Gasteiger partial charge on any atom is 0.419 e. The van der Waals surface area contributed by atoms with Crippen LogP contribution in [0.1, 0.15) is 32.6 Å². The zero-order valence-electron chi connectivity index (χ0n) is 13.7. The predicted molar refractivity (Wildman–Crippen MR) is 94.3 cm³/mol. The SMILES string of the molecule is C=CCC(=C)C(=C)C(=C)N(CCCCC)C(=O)OC(=C)C=C. The van der Waals surface area contributed by atoms with E-state index in [0.717, 1.165) is 24.8 Å². The average molecular weight is 301 g/mol. The molecule has 0 atom stereocenters. The Labute approximate surface area is 134 Å². The third-order valence-electron chi connectivity index (χ3n) is 3.14. The van der Waals surface area contributed by atoms with Gasteiger partial charge in [0.2, 0.25) is 0 Å². The van der Waals surface area contributed by atoms with Crippen molar-refractivity contribution in [2.45, 2.75) is 32.6 Å². The first-order valence-corrected chi connectivity index (χ1v) is 7.36. The topological polar surface area (TPSA) is 29.5 Å². The van der Waals surface area contributed by atoms with Crippen molar-refractivity contribution < 1.29 is 9.53 Å². The first-order valence-electron chi connectivity index (χ1n) is 7.36. The van der Waals surface area contributed by atoms with E-state index in [0.29, 0.717) is 24.2 Å². The summed E-state index contributed by atoms with van der Waals surface area (Å²) in [5.41, 5.74) is 1.89. The lowest BCUT2D eigenvalue weighted by molar-refractivity contribution is 0.144. The quantitative estimate of drug-likeness (QED) is 0.218. The van der Waals surface area contributed by atoms with Gasteiger partial charge in [-0.15, -0.1) is 6.58 Å². The van der Waals surface area contributed by atoms with Crippen LogP contribution in [0.25, 0.3) is 0 Å². The molecule has 0 aromatic rings. The van der Waals surface area contributed by atoms with Crippen LogP contribution in [0, 0.1) is 0 Å². The largest absolute Gasteiger partial charge is 0.419 e. The molecule has 120 valence electrons. The van der Waals surface area contributed by atoms with Crippen molar-refractivity contribution in [2.75, 3.05) is 6.54 Å². The smallest absolute Gasteiger partial charge is 0.411 e. The number of ether oxygens (including phenoxy) is 1. The number of amides is 1. The molecule has 0 spiro atoms. The Morgan fingerprint density at radius 2 is 1.77 bits per heavy atom. The second-order valence-electron chi connectivity index (χ2n) is 4.92. The minimum absolute atomic E-state index is 0.203. The van der Waals surface area contributed by atoms with Gasteiger partial charge in [-0.3, -0.25) is 4.90 Å². The van der Waals surface area contributed by atoms with Crippen molar-refractivity contribution in [1.29, 1.82) is 0 Å². The number of hydrogen-bond acceptors (Lipinski definition) is 2. The molecule has 0 fully saturated rings. The van der Waals surface area contributed by atoms with Crippen LogP contribution in [0.2, 0.25) is 0 Å². The van der Waals surface area contributed by atoms with Crippen LogP contribution in [-0.4, -0.2) is 17.5 Å². The van der Waals surface area contributed by atoms with Crippen LogP contribution in [0.5, 0.6) is 0 Å². The van der Waals surface area contributed by atoms with E-state index in [4.69, 9.17) is 4.74 Å². The number of hydrogen-bond donors (Lipinski definition) is 0. The average Bonchev–Trinajstić information content (AvgIpc) is 2.50. The fraction of sp³-hybridized carbons (Fsp3) is 0.316. The number of rotatable bonds is 11. The summed E-state index contributed by atoms with van der Waals surface area (Å²) in [4.78, 5) is 13.7. The van der Waals surface area contributed by atoms with E-state index in [9.17, 15) is 4.79 Å². The van der Waals surface area contributed by atoms with E-state index in [1.54, 1.807) is 6.08 Å². The lowest BCUT2D eigenvalue weighted by atomic mass is 10.0. The van der Waals surface area contributed by atoms with E-state index in [2.05, 4.69) is 46.4 Å². The summed E-state index contributed by atoms with van der Waals surface area (Å²) in [5.74, 6) is 0.203. The lowest BCUT2D eigenvalue weighted by Gasteiger charge is -2.26. The minimum atomic E-state index is -0.529. The molecule has 0 aliphatic carbocycles. The Kier molecular flexibility index (Phi) is 9.35. The highest BCUT2D eigenvalue weighted by atomic mass is 16.6. The number of allylic oxidation sites excluding steroid dienone is 3. The second-order valence-corrected chi connectivity index (χ2v) is 4.92. The predicted octanol–water partition coefficient (Wildman–Crippen LogP) is 5.52. The summed E-state index contributed by atoms with van der Waals surface area (Å²) in [6, 6.07) is 0. The van der Waals surface area contributed by atoms with Gasteiger partial charge in [0.15, 0.2) is 0 Å². The summed E-state index contributed by atoms with van der Waals surface area (Å²) in [6.07, 6.45) is 6.11. The molecule has 0 saturated carbocycles. The molecule has 0 aliphatic heterocycles. The fourth-order valence-electron chi connectivity index (χ4n) is 1.73. The van der Waals surface area contributed by atoms with Gasteiger partial charge >= 0.3 is 6.09 Å². The van der Waals surface area contributed by atoms with Crippen LogP contribution in [0.3, 0.4) is 0 Å². The van der Waals surface area contributed by atoms with Crippen molar-refractivity contribution in [1.82, 2.24) is 4.90 Å². The van der Waals surface area contributed by atoms with Crippen LogP contribution in [-0.2, 0) is 4.74 Å². The zero-order valence-corrected chi connectivity index (χ0v) is 13.7.